The number of anilines is 1. The zero-order valence-corrected chi connectivity index (χ0v) is 13.4. The molecular formula is C18H27N3O. The lowest BCUT2D eigenvalue weighted by Gasteiger charge is -2.21. The highest BCUT2D eigenvalue weighted by molar-refractivity contribution is 5.76. The Bertz CT molecular complexity index is 491. The van der Waals surface area contributed by atoms with Crippen LogP contribution >= 0.6 is 0 Å². The number of carbonyl (C=O) groups is 1. The molecule has 1 aliphatic carbocycles. The molecule has 2 fully saturated rings. The number of aromatic nitrogens is 1. The minimum Gasteiger partial charge on any atom is -0.357 e. The van der Waals surface area contributed by atoms with Gasteiger partial charge in [0, 0.05) is 32.3 Å². The Labute approximate surface area is 133 Å². The lowest BCUT2D eigenvalue weighted by molar-refractivity contribution is -0.122. The Morgan fingerprint density at radius 1 is 1.18 bits per heavy atom. The second kappa shape index (κ2) is 7.61. The summed E-state index contributed by atoms with van der Waals surface area (Å²) >= 11 is 0. The van der Waals surface area contributed by atoms with E-state index >= 15 is 0 Å². The van der Waals surface area contributed by atoms with Crippen molar-refractivity contribution >= 4 is 11.7 Å². The summed E-state index contributed by atoms with van der Waals surface area (Å²) in [6.07, 6.45) is 11.4. The summed E-state index contributed by atoms with van der Waals surface area (Å²) in [5.74, 6) is 1.86. The average molecular weight is 301 g/mol. The summed E-state index contributed by atoms with van der Waals surface area (Å²) in [6, 6.07) is 4.12. The average Bonchev–Trinajstić information content (AvgIpc) is 3.09. The molecule has 2 heterocycles. The van der Waals surface area contributed by atoms with Crippen molar-refractivity contribution < 1.29 is 4.79 Å². The van der Waals surface area contributed by atoms with Crippen molar-refractivity contribution in [1.82, 2.24) is 10.3 Å². The predicted molar refractivity (Wildman–Crippen MR) is 88.7 cm³/mol. The van der Waals surface area contributed by atoms with E-state index in [-0.39, 0.29) is 5.91 Å². The molecule has 4 nitrogen and oxygen atoms in total. The van der Waals surface area contributed by atoms with E-state index in [1.807, 2.05) is 12.3 Å². The van der Waals surface area contributed by atoms with Crippen molar-refractivity contribution in [2.75, 3.05) is 18.0 Å². The van der Waals surface area contributed by atoms with Crippen LogP contribution in [0.25, 0.3) is 0 Å². The van der Waals surface area contributed by atoms with Gasteiger partial charge in [-0.05, 0) is 49.3 Å². The Morgan fingerprint density at radius 3 is 2.73 bits per heavy atom. The van der Waals surface area contributed by atoms with Crippen molar-refractivity contribution in [2.45, 2.75) is 57.9 Å². The molecule has 1 saturated carbocycles. The summed E-state index contributed by atoms with van der Waals surface area (Å²) in [4.78, 5) is 18.9. The second-order valence-corrected chi connectivity index (χ2v) is 6.70. The number of pyridine rings is 1. The monoisotopic (exact) mass is 301 g/mol. The molecule has 0 unspecified atom stereocenters. The summed E-state index contributed by atoms with van der Waals surface area (Å²) in [7, 11) is 0. The van der Waals surface area contributed by atoms with E-state index in [0.29, 0.717) is 18.9 Å². The summed E-state index contributed by atoms with van der Waals surface area (Å²) in [6.45, 7) is 2.82. The van der Waals surface area contributed by atoms with Crippen LogP contribution in [0.3, 0.4) is 0 Å². The van der Waals surface area contributed by atoms with Gasteiger partial charge in [0.25, 0.3) is 0 Å². The van der Waals surface area contributed by atoms with Gasteiger partial charge in [-0.1, -0.05) is 19.3 Å². The van der Waals surface area contributed by atoms with Gasteiger partial charge in [-0.25, -0.2) is 4.98 Å². The number of hydrogen-bond acceptors (Lipinski definition) is 3. The van der Waals surface area contributed by atoms with Crippen molar-refractivity contribution in [1.29, 1.82) is 0 Å². The number of nitrogens with zero attached hydrogens (tertiary/aromatic N) is 2. The Kier molecular flexibility index (Phi) is 5.30. The van der Waals surface area contributed by atoms with E-state index in [0.717, 1.165) is 24.5 Å². The van der Waals surface area contributed by atoms with Crippen LogP contribution in [-0.4, -0.2) is 24.0 Å². The molecule has 1 aromatic heterocycles. The number of rotatable bonds is 5. The third kappa shape index (κ3) is 4.21. The molecule has 120 valence electrons. The van der Waals surface area contributed by atoms with Gasteiger partial charge in [-0.15, -0.1) is 0 Å². The highest BCUT2D eigenvalue weighted by Crippen LogP contribution is 2.26. The molecule has 0 radical (unpaired) electrons. The van der Waals surface area contributed by atoms with E-state index in [9.17, 15) is 4.79 Å². The van der Waals surface area contributed by atoms with Crippen LogP contribution in [-0.2, 0) is 11.3 Å². The molecule has 0 spiro atoms. The molecule has 0 aromatic carbocycles. The van der Waals surface area contributed by atoms with Crippen LogP contribution < -0.4 is 10.2 Å². The Hall–Kier alpha value is -1.58. The fourth-order valence-corrected chi connectivity index (χ4v) is 3.62. The molecule has 3 rings (SSSR count). The van der Waals surface area contributed by atoms with Crippen LogP contribution in [0.2, 0.25) is 0 Å². The number of nitrogens with one attached hydrogen (secondary N) is 1. The maximum atomic E-state index is 12.1. The fourth-order valence-electron chi connectivity index (χ4n) is 3.62. The van der Waals surface area contributed by atoms with Crippen LogP contribution in [0.1, 0.15) is 56.9 Å². The quantitative estimate of drug-likeness (QED) is 0.908. The number of amides is 1. The maximum Gasteiger partial charge on any atom is 0.220 e. The first kappa shape index (κ1) is 15.3. The number of carbonyl (C=O) groups excluding carboxylic acids is 1. The maximum absolute atomic E-state index is 12.1. The standard InChI is InChI=1S/C18H27N3O/c22-18(13-15-6-2-1-3-7-15)20-14-16-8-9-19-17(12-16)21-10-4-5-11-21/h8-9,12,15H,1-7,10-11,13-14H2,(H,20,22). The minimum absolute atomic E-state index is 0.200. The lowest BCUT2D eigenvalue weighted by atomic mass is 9.87. The third-order valence-corrected chi connectivity index (χ3v) is 4.93. The van der Waals surface area contributed by atoms with Gasteiger partial charge in [0.15, 0.2) is 0 Å². The fraction of sp³-hybridized carbons (Fsp3) is 0.667. The van der Waals surface area contributed by atoms with Gasteiger partial charge in [-0.2, -0.15) is 0 Å². The lowest BCUT2D eigenvalue weighted by Crippen LogP contribution is -2.26. The highest BCUT2D eigenvalue weighted by atomic mass is 16.1. The smallest absolute Gasteiger partial charge is 0.220 e. The summed E-state index contributed by atoms with van der Waals surface area (Å²) in [5, 5.41) is 3.08. The topological polar surface area (TPSA) is 45.2 Å². The third-order valence-electron chi connectivity index (χ3n) is 4.93. The SMILES string of the molecule is O=C(CC1CCCCC1)NCc1ccnc(N2CCCC2)c1. The van der Waals surface area contributed by atoms with Crippen molar-refractivity contribution in [3.63, 3.8) is 0 Å². The zero-order chi connectivity index (χ0) is 15.2. The Morgan fingerprint density at radius 2 is 1.95 bits per heavy atom. The molecule has 1 saturated heterocycles. The van der Waals surface area contributed by atoms with Gasteiger partial charge in [0.2, 0.25) is 5.91 Å². The van der Waals surface area contributed by atoms with E-state index < -0.39 is 0 Å². The van der Waals surface area contributed by atoms with Gasteiger partial charge in [0.05, 0.1) is 0 Å². The van der Waals surface area contributed by atoms with Gasteiger partial charge in [0.1, 0.15) is 5.82 Å². The summed E-state index contributed by atoms with van der Waals surface area (Å²) < 4.78 is 0. The molecule has 2 aliphatic rings. The predicted octanol–water partition coefficient (Wildman–Crippen LogP) is 3.27. The number of hydrogen-bond donors (Lipinski definition) is 1. The first-order chi connectivity index (χ1) is 10.8. The van der Waals surface area contributed by atoms with E-state index in [4.69, 9.17) is 0 Å². The summed E-state index contributed by atoms with van der Waals surface area (Å²) in [5.41, 5.74) is 1.15. The van der Waals surface area contributed by atoms with Crippen molar-refractivity contribution in [2.24, 2.45) is 5.92 Å². The van der Waals surface area contributed by atoms with Gasteiger partial charge in [-0.3, -0.25) is 4.79 Å². The van der Waals surface area contributed by atoms with Gasteiger partial charge < -0.3 is 10.2 Å². The van der Waals surface area contributed by atoms with Crippen molar-refractivity contribution in [3.8, 4) is 0 Å². The van der Waals surface area contributed by atoms with Crippen molar-refractivity contribution in [3.05, 3.63) is 23.9 Å². The van der Waals surface area contributed by atoms with E-state index in [2.05, 4.69) is 21.3 Å². The van der Waals surface area contributed by atoms with E-state index in [1.54, 1.807) is 0 Å². The molecule has 0 bridgehead atoms. The molecule has 0 atom stereocenters. The minimum atomic E-state index is 0.200. The highest BCUT2D eigenvalue weighted by Gasteiger charge is 2.17. The van der Waals surface area contributed by atoms with Gasteiger partial charge >= 0.3 is 0 Å². The first-order valence-corrected chi connectivity index (χ1v) is 8.78. The first-order valence-electron chi connectivity index (χ1n) is 8.78. The second-order valence-electron chi connectivity index (χ2n) is 6.70. The molecule has 22 heavy (non-hydrogen) atoms. The molecule has 1 amide bonds. The molecule has 1 N–H and O–H groups in total. The zero-order valence-electron chi connectivity index (χ0n) is 13.4. The molecule has 1 aliphatic heterocycles. The van der Waals surface area contributed by atoms with Crippen LogP contribution in [0.4, 0.5) is 5.82 Å². The van der Waals surface area contributed by atoms with Crippen LogP contribution in [0.15, 0.2) is 18.3 Å². The van der Waals surface area contributed by atoms with Crippen LogP contribution in [0.5, 0.6) is 0 Å². The normalized spacial score (nSPS) is 19.4. The molecule has 1 aromatic rings. The molecule has 4 heteroatoms. The molecular weight excluding hydrogens is 274 g/mol. The van der Waals surface area contributed by atoms with E-state index in [1.165, 1.54) is 44.9 Å². The van der Waals surface area contributed by atoms with Crippen LogP contribution in [0, 0.1) is 5.92 Å². The Balaban J connectivity index is 1.48. The largest absolute Gasteiger partial charge is 0.357 e.